The Hall–Kier alpha value is -4.67. The van der Waals surface area contributed by atoms with Crippen molar-refractivity contribution < 1.29 is 22.7 Å². The number of nitrogens with one attached hydrogen (secondary N) is 1. The first-order valence-electron chi connectivity index (χ1n) is 10.8. The second-order valence-electron chi connectivity index (χ2n) is 7.93. The molecule has 5 rings (SSSR count). The lowest BCUT2D eigenvalue weighted by atomic mass is 10.1. The van der Waals surface area contributed by atoms with Crippen molar-refractivity contribution in [2.45, 2.75) is 13.1 Å². The zero-order chi connectivity index (χ0) is 25.4. The highest BCUT2D eigenvalue weighted by molar-refractivity contribution is 6.03. The van der Waals surface area contributed by atoms with Crippen LogP contribution in [0.1, 0.15) is 21.9 Å². The number of ether oxygens (including phenoxy) is 1. The van der Waals surface area contributed by atoms with Crippen LogP contribution >= 0.6 is 0 Å². The van der Waals surface area contributed by atoms with Crippen molar-refractivity contribution >= 4 is 17.4 Å². The van der Waals surface area contributed by atoms with Crippen LogP contribution in [0.2, 0.25) is 0 Å². The molecule has 0 bridgehead atoms. The summed E-state index contributed by atoms with van der Waals surface area (Å²) in [6, 6.07) is 19.4. The Labute approximate surface area is 203 Å². The van der Waals surface area contributed by atoms with Crippen LogP contribution in [0.5, 0.6) is 5.75 Å². The second-order valence-corrected chi connectivity index (χ2v) is 7.93. The maximum absolute atomic E-state index is 13.9. The van der Waals surface area contributed by atoms with Gasteiger partial charge in [-0.25, -0.2) is 14.2 Å². The van der Waals surface area contributed by atoms with E-state index >= 15 is 0 Å². The molecule has 0 unspecified atom stereocenters. The van der Waals surface area contributed by atoms with Crippen LogP contribution in [0, 0.1) is 6.92 Å². The summed E-state index contributed by atoms with van der Waals surface area (Å²) in [4.78, 5) is 17.3. The van der Waals surface area contributed by atoms with Gasteiger partial charge in [0.1, 0.15) is 11.6 Å². The highest BCUT2D eigenvalue weighted by Gasteiger charge is 2.35. The summed E-state index contributed by atoms with van der Waals surface area (Å²) in [5, 5.41) is 11.0. The third-order valence-electron chi connectivity index (χ3n) is 5.39. The molecule has 5 aromatic rings. The molecule has 8 nitrogen and oxygen atoms in total. The van der Waals surface area contributed by atoms with Gasteiger partial charge in [0.2, 0.25) is 0 Å². The lowest BCUT2D eigenvalue weighted by Crippen LogP contribution is -2.17. The summed E-state index contributed by atoms with van der Waals surface area (Å²) < 4.78 is 49.1. The molecule has 182 valence electrons. The third kappa shape index (κ3) is 4.38. The number of amides is 1. The number of anilines is 1. The molecule has 0 saturated carbocycles. The molecule has 0 atom stereocenters. The van der Waals surface area contributed by atoms with Crippen LogP contribution < -0.4 is 10.1 Å². The van der Waals surface area contributed by atoms with Gasteiger partial charge in [-0.1, -0.05) is 30.3 Å². The van der Waals surface area contributed by atoms with Crippen LogP contribution in [0.15, 0.2) is 72.8 Å². The topological polar surface area (TPSA) is 86.3 Å². The zero-order valence-electron chi connectivity index (χ0n) is 19.1. The molecule has 0 saturated heterocycles. The molecule has 3 aromatic heterocycles. The SMILES string of the molecule is COc1cccc(-c2cc(C(F)(F)F)n3nc(C(=O)Nc4cc(C)nn4-c4ccccc4)cc3n2)c1. The van der Waals surface area contributed by atoms with Crippen LogP contribution in [-0.4, -0.2) is 37.4 Å². The molecular weight excluding hydrogens is 473 g/mol. The number of fused-ring (bicyclic) bond motifs is 1. The quantitative estimate of drug-likeness (QED) is 0.366. The zero-order valence-corrected chi connectivity index (χ0v) is 19.1. The number of rotatable bonds is 5. The minimum absolute atomic E-state index is 0.0679. The number of methoxy groups -OCH3 is 1. The first-order valence-corrected chi connectivity index (χ1v) is 10.8. The van der Waals surface area contributed by atoms with Gasteiger partial charge in [0, 0.05) is 17.7 Å². The lowest BCUT2D eigenvalue weighted by molar-refractivity contribution is -0.142. The van der Waals surface area contributed by atoms with E-state index in [9.17, 15) is 18.0 Å². The van der Waals surface area contributed by atoms with Crippen molar-refractivity contribution in [1.29, 1.82) is 0 Å². The maximum Gasteiger partial charge on any atom is 0.433 e. The molecule has 0 spiro atoms. The maximum atomic E-state index is 13.9. The summed E-state index contributed by atoms with van der Waals surface area (Å²) in [6.07, 6.45) is -4.74. The summed E-state index contributed by atoms with van der Waals surface area (Å²) in [5.74, 6) is 0.122. The highest BCUT2D eigenvalue weighted by Crippen LogP contribution is 2.33. The van der Waals surface area contributed by atoms with Gasteiger partial charge in [-0.2, -0.15) is 23.4 Å². The number of para-hydroxylation sites is 1. The standard InChI is InChI=1S/C25H19F3N6O2/c1-15-11-22(33(31-15)17-8-4-3-5-9-17)30-24(35)20-14-23-29-19(16-7-6-10-18(12-16)36-2)13-21(25(26,27)28)34(23)32-20/h3-14H,1-2H3,(H,30,35). The number of nitrogens with zero attached hydrogens (tertiary/aromatic N) is 5. The van der Waals surface area contributed by atoms with Gasteiger partial charge in [-0.05, 0) is 37.3 Å². The van der Waals surface area contributed by atoms with Gasteiger partial charge in [-0.3, -0.25) is 4.79 Å². The normalized spacial score (nSPS) is 11.6. The smallest absolute Gasteiger partial charge is 0.433 e. The van der Waals surface area contributed by atoms with E-state index in [1.54, 1.807) is 37.3 Å². The number of carbonyl (C=O) groups is 1. The fraction of sp³-hybridized carbons (Fsp3) is 0.120. The molecule has 0 aliphatic rings. The highest BCUT2D eigenvalue weighted by atomic mass is 19.4. The fourth-order valence-corrected chi connectivity index (χ4v) is 3.75. The first kappa shape index (κ1) is 23.1. The monoisotopic (exact) mass is 492 g/mol. The molecule has 2 aromatic carbocycles. The van der Waals surface area contributed by atoms with Crippen molar-refractivity contribution in [2.24, 2.45) is 0 Å². The second kappa shape index (κ2) is 8.84. The molecule has 1 amide bonds. The summed E-state index contributed by atoms with van der Waals surface area (Å²) in [7, 11) is 1.46. The number of alkyl halides is 3. The Morgan fingerprint density at radius 1 is 0.972 bits per heavy atom. The third-order valence-corrected chi connectivity index (χ3v) is 5.39. The Kier molecular flexibility index (Phi) is 5.67. The van der Waals surface area contributed by atoms with E-state index in [1.165, 1.54) is 17.9 Å². The van der Waals surface area contributed by atoms with Gasteiger partial charge < -0.3 is 10.1 Å². The van der Waals surface area contributed by atoms with Gasteiger partial charge in [0.25, 0.3) is 5.91 Å². The molecule has 3 heterocycles. The number of aryl methyl sites for hydroxylation is 1. The number of carbonyl (C=O) groups excluding carboxylic acids is 1. The minimum atomic E-state index is -4.74. The van der Waals surface area contributed by atoms with E-state index in [4.69, 9.17) is 4.74 Å². The first-order chi connectivity index (χ1) is 17.2. The number of halogens is 3. The van der Waals surface area contributed by atoms with E-state index in [-0.39, 0.29) is 17.0 Å². The largest absolute Gasteiger partial charge is 0.497 e. The predicted molar refractivity (Wildman–Crippen MR) is 126 cm³/mol. The van der Waals surface area contributed by atoms with Gasteiger partial charge in [-0.15, -0.1) is 0 Å². The van der Waals surface area contributed by atoms with Crippen molar-refractivity contribution in [3.8, 4) is 22.7 Å². The van der Waals surface area contributed by atoms with E-state index in [1.807, 2.05) is 30.3 Å². The molecule has 11 heteroatoms. The summed E-state index contributed by atoms with van der Waals surface area (Å²) >= 11 is 0. The molecule has 1 N–H and O–H groups in total. The fourth-order valence-electron chi connectivity index (χ4n) is 3.75. The van der Waals surface area contributed by atoms with Gasteiger partial charge >= 0.3 is 6.18 Å². The van der Waals surface area contributed by atoms with Crippen LogP contribution in [0.4, 0.5) is 19.0 Å². The van der Waals surface area contributed by atoms with Crippen molar-refractivity contribution in [1.82, 2.24) is 24.4 Å². The summed E-state index contributed by atoms with van der Waals surface area (Å²) in [5.41, 5.74) is 0.437. The number of benzene rings is 2. The molecule has 0 aliphatic heterocycles. The molecule has 0 radical (unpaired) electrons. The van der Waals surface area contributed by atoms with Crippen LogP contribution in [0.3, 0.4) is 0 Å². The molecule has 0 fully saturated rings. The van der Waals surface area contributed by atoms with E-state index < -0.39 is 17.8 Å². The molecule has 36 heavy (non-hydrogen) atoms. The Bertz CT molecular complexity index is 1570. The number of hydrogen-bond acceptors (Lipinski definition) is 5. The van der Waals surface area contributed by atoms with Crippen molar-refractivity contribution in [3.63, 3.8) is 0 Å². The predicted octanol–water partition coefficient (Wildman–Crippen LogP) is 5.17. The van der Waals surface area contributed by atoms with E-state index in [0.717, 1.165) is 6.07 Å². The Morgan fingerprint density at radius 3 is 2.47 bits per heavy atom. The lowest BCUT2D eigenvalue weighted by Gasteiger charge is -2.11. The van der Waals surface area contributed by atoms with Crippen LogP contribution in [0.25, 0.3) is 22.6 Å². The average Bonchev–Trinajstić information content (AvgIpc) is 3.46. The van der Waals surface area contributed by atoms with Crippen LogP contribution in [-0.2, 0) is 6.18 Å². The minimum Gasteiger partial charge on any atom is -0.497 e. The van der Waals surface area contributed by atoms with Crippen molar-refractivity contribution in [2.75, 3.05) is 12.4 Å². The number of aromatic nitrogens is 5. The van der Waals surface area contributed by atoms with Gasteiger partial charge in [0.15, 0.2) is 17.0 Å². The average molecular weight is 492 g/mol. The Morgan fingerprint density at radius 2 is 1.75 bits per heavy atom. The number of hydrogen-bond donors (Lipinski definition) is 1. The van der Waals surface area contributed by atoms with E-state index in [0.29, 0.717) is 33.0 Å². The van der Waals surface area contributed by atoms with Gasteiger partial charge in [0.05, 0.1) is 24.2 Å². The van der Waals surface area contributed by atoms with Crippen molar-refractivity contribution in [3.05, 3.63) is 89.9 Å². The summed E-state index contributed by atoms with van der Waals surface area (Å²) in [6.45, 7) is 1.76. The van der Waals surface area contributed by atoms with E-state index in [2.05, 4.69) is 20.5 Å². The molecular formula is C25H19F3N6O2. The molecule has 0 aliphatic carbocycles. The Balaban J connectivity index is 1.55.